The summed E-state index contributed by atoms with van der Waals surface area (Å²) in [4.78, 5) is 46.4. The van der Waals surface area contributed by atoms with Crippen molar-refractivity contribution >= 4 is 45.9 Å². The van der Waals surface area contributed by atoms with Crippen LogP contribution in [0.25, 0.3) is 0 Å². The third-order valence-electron chi connectivity index (χ3n) is 2.60. The molecule has 0 spiro atoms. The maximum atomic E-state index is 11.8. The second-order valence-electron chi connectivity index (χ2n) is 7.80. The Labute approximate surface area is 175 Å². The molecule has 0 saturated heterocycles. The van der Waals surface area contributed by atoms with Crippen molar-refractivity contribution in [1.82, 2.24) is 10.6 Å². The lowest BCUT2D eigenvalue weighted by molar-refractivity contribution is -0.115. The lowest BCUT2D eigenvalue weighted by Gasteiger charge is -2.19. The largest absolute Gasteiger partial charge is 0.444 e. The highest BCUT2D eigenvalue weighted by Crippen LogP contribution is 2.12. The van der Waals surface area contributed by atoms with Gasteiger partial charge in [0.25, 0.3) is 0 Å². The third kappa shape index (κ3) is 18.0. The van der Waals surface area contributed by atoms with Gasteiger partial charge in [-0.3, -0.25) is 9.59 Å². The van der Waals surface area contributed by atoms with E-state index in [9.17, 15) is 19.2 Å². The van der Waals surface area contributed by atoms with Crippen LogP contribution in [0, 0.1) is 0 Å². The number of nitrogens with one attached hydrogen (secondary N) is 2. The first-order valence-corrected chi connectivity index (χ1v) is 11.0. The fourth-order valence-electron chi connectivity index (χ4n) is 1.61. The summed E-state index contributed by atoms with van der Waals surface area (Å²) in [6, 6.07) is 0. The lowest BCUT2D eigenvalue weighted by atomic mass is 10.2. The molecule has 0 bridgehead atoms. The van der Waals surface area contributed by atoms with E-state index in [-0.39, 0.29) is 23.1 Å². The number of rotatable bonds is 9. The zero-order valence-corrected chi connectivity index (χ0v) is 19.1. The normalized spacial score (nSPS) is 11.5. The van der Waals surface area contributed by atoms with Gasteiger partial charge in [0.1, 0.15) is 11.2 Å². The monoisotopic (exact) mass is 436 g/mol. The molecule has 0 atom stereocenters. The molecule has 162 valence electrons. The molecule has 2 N–H and O–H groups in total. The molecule has 28 heavy (non-hydrogen) atoms. The van der Waals surface area contributed by atoms with Gasteiger partial charge in [0.15, 0.2) is 10.2 Å². The van der Waals surface area contributed by atoms with Gasteiger partial charge in [-0.05, 0) is 41.5 Å². The van der Waals surface area contributed by atoms with Gasteiger partial charge in [0.2, 0.25) is 0 Å². The molecule has 0 aliphatic heterocycles. The number of hydrogen-bond donors (Lipinski definition) is 2. The fraction of sp³-hybridized carbons (Fsp3) is 0.778. The number of alkyl carbamates (subject to hydrolysis) is 2. The molecule has 0 rings (SSSR count). The van der Waals surface area contributed by atoms with Crippen LogP contribution in [-0.2, 0) is 19.1 Å². The summed E-state index contributed by atoms with van der Waals surface area (Å²) in [6.45, 7) is 11.2. The summed E-state index contributed by atoms with van der Waals surface area (Å²) in [6.07, 6.45) is -0.760. The molecule has 0 heterocycles. The van der Waals surface area contributed by atoms with E-state index in [0.717, 1.165) is 23.5 Å². The van der Waals surface area contributed by atoms with Crippen molar-refractivity contribution < 1.29 is 28.7 Å². The lowest BCUT2D eigenvalue weighted by Crippen LogP contribution is -2.33. The molecule has 10 heteroatoms. The second kappa shape index (κ2) is 12.9. The molecule has 0 radical (unpaired) electrons. The van der Waals surface area contributed by atoms with Crippen LogP contribution in [0.5, 0.6) is 0 Å². The second-order valence-corrected chi connectivity index (χ2v) is 10.1. The van der Waals surface area contributed by atoms with Gasteiger partial charge in [-0.15, -0.1) is 0 Å². The molecule has 0 aromatic rings. The van der Waals surface area contributed by atoms with E-state index in [2.05, 4.69) is 10.6 Å². The predicted molar refractivity (Wildman–Crippen MR) is 113 cm³/mol. The molecule has 0 aliphatic carbocycles. The van der Waals surface area contributed by atoms with Gasteiger partial charge in [0, 0.05) is 37.4 Å². The number of amides is 2. The number of hydrogen-bond acceptors (Lipinski definition) is 8. The van der Waals surface area contributed by atoms with E-state index in [1.165, 1.54) is 0 Å². The van der Waals surface area contributed by atoms with Gasteiger partial charge in [-0.2, -0.15) is 0 Å². The van der Waals surface area contributed by atoms with E-state index in [1.807, 2.05) is 0 Å². The molecule has 8 nitrogen and oxygen atoms in total. The van der Waals surface area contributed by atoms with Gasteiger partial charge < -0.3 is 20.1 Å². The van der Waals surface area contributed by atoms with E-state index in [4.69, 9.17) is 9.47 Å². The Balaban J connectivity index is 3.72. The van der Waals surface area contributed by atoms with Crippen molar-refractivity contribution in [3.8, 4) is 0 Å². The summed E-state index contributed by atoms with van der Waals surface area (Å²) in [7, 11) is 0. The van der Waals surface area contributed by atoms with Gasteiger partial charge in [0.05, 0.1) is 0 Å². The molecule has 0 saturated carbocycles. The molecule has 2 amide bonds. The van der Waals surface area contributed by atoms with Crippen LogP contribution in [0.15, 0.2) is 0 Å². The van der Waals surface area contributed by atoms with Crippen molar-refractivity contribution in [3.63, 3.8) is 0 Å². The first-order chi connectivity index (χ1) is 12.8. The van der Waals surface area contributed by atoms with Crippen LogP contribution >= 0.6 is 23.5 Å². The van der Waals surface area contributed by atoms with Crippen molar-refractivity contribution in [2.45, 2.75) is 65.6 Å². The minimum atomic E-state index is -0.562. The van der Waals surface area contributed by atoms with Gasteiger partial charge in [-0.1, -0.05) is 23.5 Å². The molecule has 0 fully saturated rings. The Hall–Kier alpha value is -1.42. The topological polar surface area (TPSA) is 111 Å². The van der Waals surface area contributed by atoms with Crippen LogP contribution in [0.4, 0.5) is 9.59 Å². The molecule has 0 aromatic carbocycles. The van der Waals surface area contributed by atoms with Gasteiger partial charge >= 0.3 is 12.2 Å². The van der Waals surface area contributed by atoms with Crippen molar-refractivity contribution in [2.24, 2.45) is 0 Å². The Morgan fingerprint density at radius 1 is 0.679 bits per heavy atom. The number of thioether (sulfide) groups is 2. The average Bonchev–Trinajstić information content (AvgIpc) is 2.50. The summed E-state index contributed by atoms with van der Waals surface area (Å²) < 4.78 is 10.2. The highest BCUT2D eigenvalue weighted by molar-refractivity contribution is 8.14. The minimum Gasteiger partial charge on any atom is -0.444 e. The Morgan fingerprint density at radius 2 is 1.00 bits per heavy atom. The third-order valence-corrected chi connectivity index (χ3v) is 4.47. The van der Waals surface area contributed by atoms with Crippen molar-refractivity contribution in [2.75, 3.05) is 24.6 Å². The summed E-state index contributed by atoms with van der Waals surface area (Å²) in [5.74, 6) is 0.832. The Kier molecular flexibility index (Phi) is 12.3. The standard InChI is InChI=1S/C18H32N2O6S2/c1-17(2,3)25-15(23)19-9-11-27-13(21)7-8-14(22)28-12-10-20-16(24)26-18(4,5)6/h7-12H2,1-6H3,(H,19,23)(H,20,24). The molecule has 0 unspecified atom stereocenters. The highest BCUT2D eigenvalue weighted by Gasteiger charge is 2.17. The van der Waals surface area contributed by atoms with Gasteiger partial charge in [-0.25, -0.2) is 9.59 Å². The first-order valence-electron chi connectivity index (χ1n) is 9.03. The van der Waals surface area contributed by atoms with E-state index >= 15 is 0 Å². The molecule has 0 aliphatic rings. The number of ether oxygens (including phenoxy) is 2. The Morgan fingerprint density at radius 3 is 1.29 bits per heavy atom. The smallest absolute Gasteiger partial charge is 0.407 e. The van der Waals surface area contributed by atoms with Crippen molar-refractivity contribution in [1.29, 1.82) is 0 Å². The first kappa shape index (κ1) is 26.6. The summed E-state index contributed by atoms with van der Waals surface area (Å²) >= 11 is 2.14. The van der Waals surface area contributed by atoms with Crippen LogP contribution < -0.4 is 10.6 Å². The fourth-order valence-corrected chi connectivity index (χ4v) is 2.97. The van der Waals surface area contributed by atoms with Crippen LogP contribution in [0.1, 0.15) is 54.4 Å². The summed E-state index contributed by atoms with van der Waals surface area (Å²) in [5.41, 5.74) is -1.12. The highest BCUT2D eigenvalue weighted by atomic mass is 32.2. The number of carbonyl (C=O) groups excluding carboxylic acids is 4. The molecule has 0 aromatic heterocycles. The summed E-state index contributed by atoms with van der Waals surface area (Å²) in [5, 5.41) is 4.92. The molecular weight excluding hydrogens is 404 g/mol. The predicted octanol–water partition coefficient (Wildman–Crippen LogP) is 3.34. The molecular formula is C18H32N2O6S2. The Bertz CT molecular complexity index is 493. The number of carbonyl (C=O) groups is 4. The van der Waals surface area contributed by atoms with E-state index < -0.39 is 23.4 Å². The van der Waals surface area contributed by atoms with E-state index in [1.54, 1.807) is 41.5 Å². The van der Waals surface area contributed by atoms with Crippen LogP contribution in [-0.4, -0.2) is 58.2 Å². The van der Waals surface area contributed by atoms with E-state index in [0.29, 0.717) is 24.6 Å². The zero-order valence-electron chi connectivity index (χ0n) is 17.5. The maximum Gasteiger partial charge on any atom is 0.407 e. The minimum absolute atomic E-state index is 0.105. The van der Waals surface area contributed by atoms with Crippen molar-refractivity contribution in [3.05, 3.63) is 0 Å². The van der Waals surface area contributed by atoms with Crippen LogP contribution in [0.3, 0.4) is 0 Å². The maximum absolute atomic E-state index is 11.8. The zero-order chi connectivity index (χ0) is 21.8. The average molecular weight is 437 g/mol. The SMILES string of the molecule is CC(C)(C)OC(=O)NCCSC(=O)CCC(=O)SCCNC(=O)OC(C)(C)C. The quantitative estimate of drug-likeness (QED) is 0.530. The van der Waals surface area contributed by atoms with Crippen LogP contribution in [0.2, 0.25) is 0 Å².